The van der Waals surface area contributed by atoms with Crippen molar-refractivity contribution in [1.82, 2.24) is 9.97 Å². The van der Waals surface area contributed by atoms with Gasteiger partial charge in [0.1, 0.15) is 11.6 Å². The van der Waals surface area contributed by atoms with Crippen LogP contribution < -0.4 is 10.6 Å². The summed E-state index contributed by atoms with van der Waals surface area (Å²) in [7, 11) is 0. The molecule has 82 valence electrons. The normalized spacial score (nSPS) is 16.8. The lowest BCUT2D eigenvalue weighted by Gasteiger charge is -2.29. The van der Waals surface area contributed by atoms with Crippen molar-refractivity contribution >= 4 is 5.82 Å². The minimum atomic E-state index is 0.479. The predicted molar refractivity (Wildman–Crippen MR) is 57.7 cm³/mol. The largest absolute Gasteiger partial charge is 0.378 e. The van der Waals surface area contributed by atoms with Gasteiger partial charge in [0.25, 0.3) is 0 Å². The number of nitrogens with two attached hydrogens (primary N) is 1. The number of ether oxygens (including phenoxy) is 1. The summed E-state index contributed by atoms with van der Waals surface area (Å²) in [6.07, 6.45) is 1.81. The fourth-order valence-corrected chi connectivity index (χ4v) is 1.68. The molecule has 0 unspecified atom stereocenters. The molecule has 1 aromatic heterocycles. The average molecular weight is 208 g/mol. The first-order valence-corrected chi connectivity index (χ1v) is 5.16. The van der Waals surface area contributed by atoms with Crippen LogP contribution >= 0.6 is 0 Å². The summed E-state index contributed by atoms with van der Waals surface area (Å²) in [5.74, 6) is 1.75. The summed E-state index contributed by atoms with van der Waals surface area (Å²) >= 11 is 0. The minimum absolute atomic E-state index is 0.479. The minimum Gasteiger partial charge on any atom is -0.378 e. The lowest BCUT2D eigenvalue weighted by molar-refractivity contribution is 0.122. The van der Waals surface area contributed by atoms with Crippen LogP contribution in [0.2, 0.25) is 0 Å². The Morgan fingerprint density at radius 2 is 2.20 bits per heavy atom. The quantitative estimate of drug-likeness (QED) is 0.745. The number of aryl methyl sites for hydroxylation is 1. The zero-order chi connectivity index (χ0) is 10.7. The second kappa shape index (κ2) is 4.55. The van der Waals surface area contributed by atoms with Crippen LogP contribution in [0.1, 0.15) is 11.4 Å². The summed E-state index contributed by atoms with van der Waals surface area (Å²) in [4.78, 5) is 10.8. The number of anilines is 1. The number of hydrogen-bond donors (Lipinski definition) is 1. The van der Waals surface area contributed by atoms with Crippen molar-refractivity contribution in [3.8, 4) is 0 Å². The molecule has 2 N–H and O–H groups in total. The van der Waals surface area contributed by atoms with Crippen molar-refractivity contribution in [2.45, 2.75) is 13.5 Å². The Balaban J connectivity index is 2.27. The topological polar surface area (TPSA) is 64.3 Å². The third-order valence-electron chi connectivity index (χ3n) is 2.49. The molecule has 0 aliphatic carbocycles. The van der Waals surface area contributed by atoms with Crippen molar-refractivity contribution in [1.29, 1.82) is 0 Å². The molecule has 2 rings (SSSR count). The molecule has 1 saturated heterocycles. The highest BCUT2D eigenvalue weighted by Crippen LogP contribution is 2.17. The molecule has 15 heavy (non-hydrogen) atoms. The number of hydrogen-bond acceptors (Lipinski definition) is 5. The molecule has 0 bridgehead atoms. The van der Waals surface area contributed by atoms with E-state index in [1.54, 1.807) is 0 Å². The average Bonchev–Trinajstić information content (AvgIpc) is 2.30. The van der Waals surface area contributed by atoms with Crippen LogP contribution in [-0.2, 0) is 11.3 Å². The molecule has 0 spiro atoms. The fourth-order valence-electron chi connectivity index (χ4n) is 1.68. The summed E-state index contributed by atoms with van der Waals surface area (Å²) in [6, 6.07) is 0. The van der Waals surface area contributed by atoms with Crippen molar-refractivity contribution in [2.75, 3.05) is 31.2 Å². The Morgan fingerprint density at radius 1 is 1.47 bits per heavy atom. The van der Waals surface area contributed by atoms with Gasteiger partial charge in [-0.3, -0.25) is 0 Å². The van der Waals surface area contributed by atoms with E-state index < -0.39 is 0 Å². The number of nitrogens with zero attached hydrogens (tertiary/aromatic N) is 3. The lowest BCUT2D eigenvalue weighted by atomic mass is 10.2. The fraction of sp³-hybridized carbons (Fsp3) is 0.600. The first kappa shape index (κ1) is 10.3. The van der Waals surface area contributed by atoms with Gasteiger partial charge in [0.2, 0.25) is 0 Å². The SMILES string of the molecule is Cc1ncc(CN)c(N2CCOCC2)n1. The van der Waals surface area contributed by atoms with Gasteiger partial charge in [0.15, 0.2) is 0 Å². The molecule has 5 heteroatoms. The molecule has 1 aliphatic rings. The maximum atomic E-state index is 5.67. The molecule has 0 amide bonds. The van der Waals surface area contributed by atoms with Crippen LogP contribution in [0, 0.1) is 6.92 Å². The summed E-state index contributed by atoms with van der Waals surface area (Å²) in [5.41, 5.74) is 6.67. The third-order valence-corrected chi connectivity index (χ3v) is 2.49. The molecular formula is C10H16N4O. The van der Waals surface area contributed by atoms with E-state index in [1.807, 2.05) is 13.1 Å². The van der Waals surface area contributed by atoms with Crippen LogP contribution in [0.25, 0.3) is 0 Å². The van der Waals surface area contributed by atoms with Crippen molar-refractivity contribution in [3.63, 3.8) is 0 Å². The molecule has 1 aromatic rings. The standard InChI is InChI=1S/C10H16N4O/c1-8-12-7-9(6-11)10(13-8)14-2-4-15-5-3-14/h7H,2-6,11H2,1H3. The van der Waals surface area contributed by atoms with E-state index in [-0.39, 0.29) is 0 Å². The Labute approximate surface area is 89.3 Å². The van der Waals surface area contributed by atoms with E-state index in [2.05, 4.69) is 14.9 Å². The summed E-state index contributed by atoms with van der Waals surface area (Å²) in [5, 5.41) is 0. The smallest absolute Gasteiger partial charge is 0.136 e. The molecule has 0 atom stereocenters. The van der Waals surface area contributed by atoms with E-state index >= 15 is 0 Å². The monoisotopic (exact) mass is 208 g/mol. The second-order valence-electron chi connectivity index (χ2n) is 3.57. The number of aromatic nitrogens is 2. The highest BCUT2D eigenvalue weighted by molar-refractivity contribution is 5.46. The predicted octanol–water partition coefficient (Wildman–Crippen LogP) is 0.0803. The van der Waals surface area contributed by atoms with Crippen LogP contribution in [0.15, 0.2) is 6.20 Å². The molecule has 0 saturated carbocycles. The van der Waals surface area contributed by atoms with Gasteiger partial charge in [0.05, 0.1) is 13.2 Å². The van der Waals surface area contributed by atoms with Gasteiger partial charge < -0.3 is 15.4 Å². The van der Waals surface area contributed by atoms with Crippen LogP contribution in [0.3, 0.4) is 0 Å². The Hall–Kier alpha value is -1.20. The maximum absolute atomic E-state index is 5.67. The van der Waals surface area contributed by atoms with Gasteiger partial charge >= 0.3 is 0 Å². The van der Waals surface area contributed by atoms with E-state index in [1.165, 1.54) is 0 Å². The van der Waals surface area contributed by atoms with Gasteiger partial charge in [-0.2, -0.15) is 0 Å². The van der Waals surface area contributed by atoms with Gasteiger partial charge in [0, 0.05) is 31.4 Å². The van der Waals surface area contributed by atoms with Gasteiger partial charge in [-0.1, -0.05) is 0 Å². The van der Waals surface area contributed by atoms with Crippen LogP contribution in [0.4, 0.5) is 5.82 Å². The first-order valence-electron chi connectivity index (χ1n) is 5.16. The number of morpholine rings is 1. The highest BCUT2D eigenvalue weighted by Gasteiger charge is 2.15. The highest BCUT2D eigenvalue weighted by atomic mass is 16.5. The van der Waals surface area contributed by atoms with Gasteiger partial charge in [-0.15, -0.1) is 0 Å². The molecule has 1 aliphatic heterocycles. The van der Waals surface area contributed by atoms with E-state index in [9.17, 15) is 0 Å². The Morgan fingerprint density at radius 3 is 2.87 bits per heavy atom. The summed E-state index contributed by atoms with van der Waals surface area (Å²) in [6.45, 7) is 5.64. The van der Waals surface area contributed by atoms with Crippen LogP contribution in [0.5, 0.6) is 0 Å². The van der Waals surface area contributed by atoms with E-state index in [0.29, 0.717) is 6.54 Å². The second-order valence-corrected chi connectivity index (χ2v) is 3.57. The van der Waals surface area contributed by atoms with Gasteiger partial charge in [-0.25, -0.2) is 9.97 Å². The lowest BCUT2D eigenvalue weighted by Crippen LogP contribution is -2.37. The van der Waals surface area contributed by atoms with Crippen molar-refractivity contribution in [2.24, 2.45) is 5.73 Å². The Bertz CT molecular complexity index is 336. The van der Waals surface area contributed by atoms with Crippen molar-refractivity contribution in [3.05, 3.63) is 17.6 Å². The first-order chi connectivity index (χ1) is 7.31. The van der Waals surface area contributed by atoms with E-state index in [0.717, 1.165) is 43.5 Å². The molecule has 2 heterocycles. The number of rotatable bonds is 2. The zero-order valence-corrected chi connectivity index (χ0v) is 8.94. The summed E-state index contributed by atoms with van der Waals surface area (Å²) < 4.78 is 5.31. The maximum Gasteiger partial charge on any atom is 0.136 e. The van der Waals surface area contributed by atoms with E-state index in [4.69, 9.17) is 10.5 Å². The molecule has 5 nitrogen and oxygen atoms in total. The van der Waals surface area contributed by atoms with Gasteiger partial charge in [-0.05, 0) is 6.92 Å². The molecular weight excluding hydrogens is 192 g/mol. The molecule has 0 aromatic carbocycles. The van der Waals surface area contributed by atoms with Crippen molar-refractivity contribution < 1.29 is 4.74 Å². The van der Waals surface area contributed by atoms with Crippen LogP contribution in [-0.4, -0.2) is 36.3 Å². The molecule has 1 fully saturated rings. The molecule has 0 radical (unpaired) electrons. The Kier molecular flexibility index (Phi) is 3.13. The zero-order valence-electron chi connectivity index (χ0n) is 8.94. The third kappa shape index (κ3) is 2.24.